The second-order valence-corrected chi connectivity index (χ2v) is 37.3. The Bertz CT molecular complexity index is 3790. The molecule has 9 N–H and O–H groups in total. The van der Waals surface area contributed by atoms with Gasteiger partial charge < -0.3 is 88.6 Å². The molecule has 0 fully saturated rings. The van der Waals surface area contributed by atoms with Gasteiger partial charge in [0.25, 0.3) is 0 Å². The van der Waals surface area contributed by atoms with Gasteiger partial charge >= 0.3 is 58.6 Å². The number of aliphatic carboxylic acids is 1. The summed E-state index contributed by atoms with van der Waals surface area (Å²) in [5, 5.41) is 39.2. The number of carbonyl (C=O) groups is 6. The lowest BCUT2D eigenvalue weighted by Gasteiger charge is -2.21. The summed E-state index contributed by atoms with van der Waals surface area (Å²) in [5.41, 5.74) is 9.84. The minimum absolute atomic E-state index is 0.104. The van der Waals surface area contributed by atoms with E-state index in [-0.39, 0.29) is 99.4 Å². The monoisotopic (exact) mass is 1530 g/mol. The molecule has 0 bridgehead atoms. The minimum atomic E-state index is -4.02. The Morgan fingerprint density at radius 2 is 0.854 bits per heavy atom. The van der Waals surface area contributed by atoms with Crippen molar-refractivity contribution in [1.82, 2.24) is 16.0 Å². The molecule has 3 unspecified atom stereocenters. The van der Waals surface area contributed by atoms with Gasteiger partial charge in [0.05, 0.1) is 46.4 Å². The summed E-state index contributed by atoms with van der Waals surface area (Å²) in [4.78, 5) is 99.5. The van der Waals surface area contributed by atoms with Crippen LogP contribution >= 0.6 is 22.8 Å². The number of cyclic esters (lactones) is 3. The molecule has 0 spiro atoms. The number of carboxylic acids is 1. The van der Waals surface area contributed by atoms with E-state index < -0.39 is 79.4 Å². The number of esters is 5. The maximum absolute atomic E-state index is 12.6. The molecule has 30 nitrogen and oxygen atoms in total. The summed E-state index contributed by atoms with van der Waals surface area (Å²) in [5.74, 6) is -1.88. The summed E-state index contributed by atoms with van der Waals surface area (Å²) < 4.78 is 99.0. The number of carboxylic acid groups (broad SMARTS) is 1. The van der Waals surface area contributed by atoms with Crippen LogP contribution in [0.5, 0.6) is 34.5 Å². The molecule has 3 aromatic carbocycles. The highest BCUT2D eigenvalue weighted by Crippen LogP contribution is 2.48. The van der Waals surface area contributed by atoms with Crippen molar-refractivity contribution in [1.29, 1.82) is 0 Å². The van der Waals surface area contributed by atoms with Crippen LogP contribution in [0.4, 0.5) is 0 Å². The topological polar surface area (TPSA) is 422 Å². The van der Waals surface area contributed by atoms with Crippen LogP contribution in [-0.2, 0) is 104 Å². The maximum Gasteiger partial charge on any atom is 0.342 e. The molecular formula is C69H104N3O27P3Si. The average Bonchev–Trinajstić information content (AvgIpc) is 1.68. The number of allylic oxidation sites excluding steroid dienone is 3. The van der Waals surface area contributed by atoms with E-state index in [0.29, 0.717) is 96.3 Å². The van der Waals surface area contributed by atoms with Crippen molar-refractivity contribution in [3.8, 4) is 34.5 Å². The van der Waals surface area contributed by atoms with Crippen LogP contribution in [0.25, 0.3) is 0 Å². The van der Waals surface area contributed by atoms with Gasteiger partial charge in [0.15, 0.2) is 6.10 Å². The normalized spacial score (nSPS) is 16.1. The first kappa shape index (κ1) is 88.4. The second kappa shape index (κ2) is 40.5. The molecule has 0 aliphatic carbocycles. The van der Waals surface area contributed by atoms with Gasteiger partial charge in [-0.2, -0.15) is 0 Å². The Kier molecular flexibility index (Phi) is 34.8. The minimum Gasteiger partial charge on any atom is -0.507 e. The highest BCUT2D eigenvalue weighted by Gasteiger charge is 2.36. The molecule has 6 rings (SSSR count). The molecule has 34 heteroatoms. The third kappa shape index (κ3) is 26.9. The number of fused-ring (bicyclic) bond motifs is 3. The number of carbonyl (C=O) groups excluding carboxylic acids is 5. The first-order valence-electron chi connectivity index (χ1n) is 33.6. The molecule has 576 valence electrons. The number of methoxy groups -OCH3 is 3. The number of hydrogen-bond acceptors (Lipinski definition) is 26. The largest absolute Gasteiger partial charge is 0.507 e. The molecule has 0 saturated carbocycles. The van der Waals surface area contributed by atoms with Crippen LogP contribution in [0, 0.1) is 20.8 Å². The van der Waals surface area contributed by atoms with E-state index in [9.17, 15) is 67.4 Å². The summed E-state index contributed by atoms with van der Waals surface area (Å²) >= 11 is 0. The van der Waals surface area contributed by atoms with Crippen molar-refractivity contribution in [2.45, 2.75) is 172 Å². The molecule has 0 saturated heterocycles. The Morgan fingerprint density at radius 3 is 1.18 bits per heavy atom. The molecule has 103 heavy (non-hydrogen) atoms. The van der Waals surface area contributed by atoms with Crippen LogP contribution in [0.2, 0.25) is 25.7 Å². The standard InChI is InChI=1S/C27H44NO9PSi.C22H32NO9P.C20H28NO9P/c1-9-23(29)36-20(4)37-38(31,32)14-12-28-16-18(2)10-11-21-25(33-5)19(3)22-17-35-27(30)24(22)26(21)34-13-15-39(6,7)8;1-6-18(24)31-15(4)32-33(27,28)10-9-23-11-13(2)7-8-16-20(25)19-17(12-30-22(19)26)14(3)21(16)29-5;1-11(9-21-7-8-31(26,27)30-13(3)19(23)24)5-6-14-17(22)16-15(10-29-20(16)25)12(2)18(14)28-4/h10,20,28H,9,11-17H2,1-8H3,(H,31,32);7,15,23,25H,6,8-12H2,1-5H3,(H,27,28);5,13,21-22H,6-10H2,1-4H3,(H,23,24)(H,26,27)/b18-10+;13-7+;11-5+/t20-;15-;13-/m000/s1. The third-order valence-electron chi connectivity index (χ3n) is 16.4. The first-order chi connectivity index (χ1) is 48.2. The molecular weight excluding hydrogens is 1420 g/mol. The van der Waals surface area contributed by atoms with E-state index in [1.165, 1.54) is 35.0 Å². The Morgan fingerprint density at radius 1 is 0.534 bits per heavy atom. The number of hydrogen-bond donors (Lipinski definition) is 9. The van der Waals surface area contributed by atoms with Crippen molar-refractivity contribution in [2.24, 2.45) is 0 Å². The molecule has 3 aliphatic rings. The zero-order chi connectivity index (χ0) is 77.5. The van der Waals surface area contributed by atoms with Crippen LogP contribution < -0.4 is 34.9 Å². The predicted octanol–water partition coefficient (Wildman–Crippen LogP) is 10.1. The van der Waals surface area contributed by atoms with E-state index >= 15 is 0 Å². The molecule has 3 heterocycles. The zero-order valence-corrected chi connectivity index (χ0v) is 65.7. The van der Waals surface area contributed by atoms with Crippen LogP contribution in [0.1, 0.15) is 149 Å². The molecule has 0 radical (unpaired) electrons. The molecule has 0 aromatic heterocycles. The number of benzene rings is 3. The van der Waals surface area contributed by atoms with E-state index in [4.69, 9.17) is 56.8 Å². The van der Waals surface area contributed by atoms with Gasteiger partial charge in [-0.3, -0.25) is 36.9 Å². The van der Waals surface area contributed by atoms with Gasteiger partial charge in [0.2, 0.25) is 12.6 Å². The van der Waals surface area contributed by atoms with E-state index in [1.54, 1.807) is 27.9 Å². The number of phenols is 2. The smallest absolute Gasteiger partial charge is 0.342 e. The fraction of sp³-hybridized carbons (Fsp3) is 0.565. The highest BCUT2D eigenvalue weighted by molar-refractivity contribution is 7.53. The van der Waals surface area contributed by atoms with Crippen molar-refractivity contribution in [2.75, 3.05) is 85.7 Å². The summed E-state index contributed by atoms with van der Waals surface area (Å²) in [7, 11) is -8.62. The zero-order valence-electron chi connectivity index (χ0n) is 62.0. The molecule has 3 aromatic rings. The molecule has 3 aliphatic heterocycles. The van der Waals surface area contributed by atoms with Gasteiger partial charge in [-0.15, -0.1) is 0 Å². The Labute approximate surface area is 603 Å². The SMILES string of the molecule is CCC(=O)O[C@H](C)OP(=O)(O)CCNC/C(C)=C/Cc1c(O)c2c(c(C)c1OC)COC2=O.CCC(=O)O[C@H](C)OP(=O)(O)CCNC/C(C)=C/Cc1c(OC)c(C)c2c(c1OCC[Si](C)(C)C)C(=O)OC2.COc1c(C)c2c(c(O)c1C/C=C(\C)CNCCP(=O)(O)O[C@@H](C)C(=O)O)C(=O)OC2. The maximum atomic E-state index is 12.6. The third-order valence-corrected chi connectivity index (χ3v) is 22.3. The van der Waals surface area contributed by atoms with E-state index in [2.05, 4.69) is 40.1 Å². The Hall–Kier alpha value is -6.95. The highest BCUT2D eigenvalue weighted by atomic mass is 31.2. The fourth-order valence-corrected chi connectivity index (χ4v) is 14.7. The van der Waals surface area contributed by atoms with Crippen molar-refractivity contribution >= 4 is 66.7 Å². The van der Waals surface area contributed by atoms with Crippen LogP contribution in [-0.4, -0.2) is 178 Å². The predicted molar refractivity (Wildman–Crippen MR) is 385 cm³/mol. The van der Waals surface area contributed by atoms with E-state index in [0.717, 1.165) is 50.6 Å². The van der Waals surface area contributed by atoms with Crippen LogP contribution in [0.15, 0.2) is 34.9 Å². The average molecular weight is 1530 g/mol. The van der Waals surface area contributed by atoms with Gasteiger partial charge in [-0.05, 0) is 104 Å². The lowest BCUT2D eigenvalue weighted by molar-refractivity contribution is -0.162. The number of nitrogens with one attached hydrogen (secondary N) is 3. The van der Waals surface area contributed by atoms with Gasteiger partial charge in [-0.1, -0.05) is 68.4 Å². The lowest BCUT2D eigenvalue weighted by atomic mass is 9.95. The van der Waals surface area contributed by atoms with Gasteiger partial charge in [0.1, 0.15) is 71.0 Å². The van der Waals surface area contributed by atoms with Crippen molar-refractivity contribution in [3.63, 3.8) is 0 Å². The number of ether oxygens (including phenoxy) is 9. The Balaban J connectivity index is 0.000000330. The van der Waals surface area contributed by atoms with Crippen LogP contribution in [0.3, 0.4) is 0 Å². The summed E-state index contributed by atoms with van der Waals surface area (Å²) in [6.07, 6.45) is 3.05. The van der Waals surface area contributed by atoms with E-state index in [1.807, 2.05) is 52.8 Å². The number of rotatable bonds is 39. The first-order valence-corrected chi connectivity index (χ1v) is 42.6. The second-order valence-electron chi connectivity index (χ2n) is 25.9. The van der Waals surface area contributed by atoms with Gasteiger partial charge in [-0.25, -0.2) is 19.2 Å². The fourth-order valence-electron chi connectivity index (χ4n) is 10.7. The van der Waals surface area contributed by atoms with Crippen molar-refractivity contribution < 1.29 is 129 Å². The van der Waals surface area contributed by atoms with Crippen molar-refractivity contribution in [3.05, 3.63) is 102 Å². The quantitative estimate of drug-likeness (QED) is 0.00487. The lowest BCUT2D eigenvalue weighted by Crippen LogP contribution is -2.23. The number of phenolic OH excluding ortho intramolecular Hbond substituents is 2. The number of aromatic hydroxyl groups is 2. The summed E-state index contributed by atoms with van der Waals surface area (Å²) in [6.45, 7) is 28.1. The molecule has 0 amide bonds. The molecule has 6 atom stereocenters. The van der Waals surface area contributed by atoms with Gasteiger partial charge in [0, 0.05) is 93.6 Å². The summed E-state index contributed by atoms with van der Waals surface area (Å²) in [6, 6.07) is 0.948.